The van der Waals surface area contributed by atoms with Gasteiger partial charge in [-0.05, 0) is 12.0 Å². The molecule has 1 heterocycles. The van der Waals surface area contributed by atoms with E-state index in [2.05, 4.69) is 4.98 Å². The lowest BCUT2D eigenvalue weighted by Crippen LogP contribution is -2.44. The number of H-pyrrole nitrogens is 1. The SMILES string of the molecule is CCCC(=O)OCC(=O)N(CCOC)c1c(N)n(Cc2ccccc2)c(=O)[nH]c1=O. The number of amides is 1. The molecule has 3 N–H and O–H groups in total. The van der Waals surface area contributed by atoms with Gasteiger partial charge in [0.25, 0.3) is 11.5 Å². The molecule has 0 atom stereocenters. The van der Waals surface area contributed by atoms with Gasteiger partial charge in [0.15, 0.2) is 12.3 Å². The van der Waals surface area contributed by atoms with Gasteiger partial charge in [-0.25, -0.2) is 4.79 Å². The summed E-state index contributed by atoms with van der Waals surface area (Å²) < 4.78 is 11.1. The summed E-state index contributed by atoms with van der Waals surface area (Å²) in [5, 5.41) is 0. The van der Waals surface area contributed by atoms with Gasteiger partial charge < -0.3 is 15.2 Å². The molecule has 1 aromatic carbocycles. The Balaban J connectivity index is 2.40. The molecule has 30 heavy (non-hydrogen) atoms. The molecule has 0 fully saturated rings. The number of nitrogens with two attached hydrogens (primary N) is 1. The fraction of sp³-hybridized carbons (Fsp3) is 0.400. The zero-order valence-corrected chi connectivity index (χ0v) is 17.1. The third kappa shape index (κ3) is 5.80. The van der Waals surface area contributed by atoms with E-state index in [0.717, 1.165) is 10.5 Å². The van der Waals surface area contributed by atoms with Crippen LogP contribution in [0.5, 0.6) is 0 Å². The Kier molecular flexibility index (Phi) is 8.36. The van der Waals surface area contributed by atoms with Gasteiger partial charge in [-0.3, -0.25) is 28.8 Å². The van der Waals surface area contributed by atoms with Crippen molar-refractivity contribution in [1.29, 1.82) is 0 Å². The first-order valence-corrected chi connectivity index (χ1v) is 9.50. The van der Waals surface area contributed by atoms with Crippen molar-refractivity contribution in [3.63, 3.8) is 0 Å². The van der Waals surface area contributed by atoms with Crippen molar-refractivity contribution < 1.29 is 19.1 Å². The number of methoxy groups -OCH3 is 1. The number of ether oxygens (including phenoxy) is 2. The molecule has 0 radical (unpaired) electrons. The van der Waals surface area contributed by atoms with Crippen LogP contribution in [0.3, 0.4) is 0 Å². The number of anilines is 2. The molecule has 1 amide bonds. The highest BCUT2D eigenvalue weighted by molar-refractivity contribution is 5.97. The Hall–Kier alpha value is -3.40. The zero-order chi connectivity index (χ0) is 22.1. The van der Waals surface area contributed by atoms with Gasteiger partial charge in [-0.15, -0.1) is 0 Å². The van der Waals surface area contributed by atoms with Crippen LogP contribution in [0.1, 0.15) is 25.3 Å². The van der Waals surface area contributed by atoms with Crippen molar-refractivity contribution in [2.45, 2.75) is 26.3 Å². The van der Waals surface area contributed by atoms with Crippen molar-refractivity contribution in [2.75, 3.05) is 37.5 Å². The van der Waals surface area contributed by atoms with Gasteiger partial charge in [-0.1, -0.05) is 37.3 Å². The van der Waals surface area contributed by atoms with E-state index in [0.29, 0.717) is 6.42 Å². The van der Waals surface area contributed by atoms with Crippen LogP contribution < -0.4 is 21.9 Å². The third-order valence-electron chi connectivity index (χ3n) is 4.30. The van der Waals surface area contributed by atoms with Crippen LogP contribution in [0, 0.1) is 0 Å². The molecule has 2 rings (SSSR count). The molecule has 0 bridgehead atoms. The van der Waals surface area contributed by atoms with Crippen LogP contribution in [-0.2, 0) is 25.6 Å². The van der Waals surface area contributed by atoms with Crippen LogP contribution in [0.4, 0.5) is 11.5 Å². The molecule has 0 spiro atoms. The van der Waals surface area contributed by atoms with E-state index >= 15 is 0 Å². The molecule has 2 aromatic rings. The van der Waals surface area contributed by atoms with Gasteiger partial charge >= 0.3 is 11.7 Å². The first-order chi connectivity index (χ1) is 14.4. The fourth-order valence-electron chi connectivity index (χ4n) is 2.80. The summed E-state index contributed by atoms with van der Waals surface area (Å²) in [4.78, 5) is 52.4. The lowest BCUT2D eigenvalue weighted by atomic mass is 10.2. The quantitative estimate of drug-likeness (QED) is 0.536. The predicted octanol–water partition coefficient (Wildman–Crippen LogP) is 0.490. The maximum absolute atomic E-state index is 12.7. The summed E-state index contributed by atoms with van der Waals surface area (Å²) in [7, 11) is 1.44. The first kappa shape index (κ1) is 22.9. The van der Waals surface area contributed by atoms with Crippen LogP contribution in [0.25, 0.3) is 0 Å². The maximum Gasteiger partial charge on any atom is 0.330 e. The Labute approximate surface area is 173 Å². The molecule has 0 saturated heterocycles. The van der Waals surface area contributed by atoms with E-state index in [1.165, 1.54) is 11.7 Å². The number of nitrogens with zero attached hydrogens (tertiary/aromatic N) is 2. The molecule has 162 valence electrons. The van der Waals surface area contributed by atoms with E-state index in [1.807, 2.05) is 25.1 Å². The molecule has 10 nitrogen and oxygen atoms in total. The third-order valence-corrected chi connectivity index (χ3v) is 4.30. The van der Waals surface area contributed by atoms with Gasteiger partial charge in [0.1, 0.15) is 5.82 Å². The van der Waals surface area contributed by atoms with E-state index in [4.69, 9.17) is 15.2 Å². The number of aromatic nitrogens is 2. The average molecular weight is 418 g/mol. The molecular formula is C20H26N4O6. The number of esters is 1. The molecular weight excluding hydrogens is 392 g/mol. The summed E-state index contributed by atoms with van der Waals surface area (Å²) in [6.45, 7) is 1.44. The number of carbonyl (C=O) groups is 2. The summed E-state index contributed by atoms with van der Waals surface area (Å²) in [5.74, 6) is -1.34. The predicted molar refractivity (Wildman–Crippen MR) is 111 cm³/mol. The minimum Gasteiger partial charge on any atom is -0.456 e. The summed E-state index contributed by atoms with van der Waals surface area (Å²) in [5.41, 5.74) is 5.23. The van der Waals surface area contributed by atoms with Crippen molar-refractivity contribution >= 4 is 23.4 Å². The molecule has 0 saturated carbocycles. The number of benzene rings is 1. The molecule has 0 aliphatic rings. The molecule has 0 aliphatic carbocycles. The minimum absolute atomic E-state index is 0.0164. The second-order valence-electron chi connectivity index (χ2n) is 6.51. The van der Waals surface area contributed by atoms with Crippen molar-refractivity contribution in [3.8, 4) is 0 Å². The van der Waals surface area contributed by atoms with Gasteiger partial charge in [0, 0.05) is 20.1 Å². The lowest BCUT2D eigenvalue weighted by Gasteiger charge is -2.24. The minimum atomic E-state index is -0.814. The first-order valence-electron chi connectivity index (χ1n) is 9.50. The normalized spacial score (nSPS) is 10.6. The molecule has 1 aromatic heterocycles. The van der Waals surface area contributed by atoms with Gasteiger partial charge in [0.05, 0.1) is 13.2 Å². The highest BCUT2D eigenvalue weighted by Gasteiger charge is 2.25. The Bertz CT molecular complexity index is 983. The monoisotopic (exact) mass is 418 g/mol. The van der Waals surface area contributed by atoms with Gasteiger partial charge in [-0.2, -0.15) is 0 Å². The summed E-state index contributed by atoms with van der Waals surface area (Å²) in [6, 6.07) is 9.05. The van der Waals surface area contributed by atoms with Crippen LogP contribution >= 0.6 is 0 Å². The largest absolute Gasteiger partial charge is 0.456 e. The van der Waals surface area contributed by atoms with E-state index < -0.39 is 29.7 Å². The van der Waals surface area contributed by atoms with Crippen LogP contribution in [0.2, 0.25) is 0 Å². The second-order valence-corrected chi connectivity index (χ2v) is 6.51. The standard InChI is InChI=1S/C20H26N4O6/c1-3-7-16(26)30-13-15(25)23(10-11-29-2)17-18(21)24(20(28)22-19(17)27)12-14-8-5-4-6-9-14/h4-6,8-9H,3,7,10-13,21H2,1-2H3,(H,22,27,28). The summed E-state index contributed by atoms with van der Waals surface area (Å²) in [6.07, 6.45) is 0.757. The average Bonchev–Trinajstić information content (AvgIpc) is 2.72. The van der Waals surface area contributed by atoms with Crippen molar-refractivity contribution in [3.05, 3.63) is 56.7 Å². The number of hydrogen-bond acceptors (Lipinski definition) is 7. The number of hydrogen-bond donors (Lipinski definition) is 2. The number of nitrogens with one attached hydrogen (secondary N) is 1. The lowest BCUT2D eigenvalue weighted by molar-refractivity contribution is -0.147. The van der Waals surface area contributed by atoms with Crippen molar-refractivity contribution in [2.24, 2.45) is 0 Å². The van der Waals surface area contributed by atoms with Crippen LogP contribution in [-0.4, -0.2) is 48.3 Å². The topological polar surface area (TPSA) is 137 Å². The van der Waals surface area contributed by atoms with Gasteiger partial charge in [0.2, 0.25) is 0 Å². The number of carbonyl (C=O) groups excluding carboxylic acids is 2. The fourth-order valence-corrected chi connectivity index (χ4v) is 2.80. The number of nitrogen functional groups attached to an aromatic ring is 1. The van der Waals surface area contributed by atoms with E-state index in [1.54, 1.807) is 12.1 Å². The maximum atomic E-state index is 12.7. The number of rotatable bonds is 10. The highest BCUT2D eigenvalue weighted by atomic mass is 16.5. The zero-order valence-electron chi connectivity index (χ0n) is 17.1. The summed E-state index contributed by atoms with van der Waals surface area (Å²) >= 11 is 0. The highest BCUT2D eigenvalue weighted by Crippen LogP contribution is 2.18. The Morgan fingerprint density at radius 1 is 1.20 bits per heavy atom. The second kappa shape index (κ2) is 11.0. The van der Waals surface area contributed by atoms with E-state index in [-0.39, 0.29) is 37.6 Å². The molecule has 0 aliphatic heterocycles. The Morgan fingerprint density at radius 3 is 2.53 bits per heavy atom. The smallest absolute Gasteiger partial charge is 0.330 e. The number of aromatic amines is 1. The molecule has 0 unspecified atom stereocenters. The van der Waals surface area contributed by atoms with E-state index in [9.17, 15) is 19.2 Å². The van der Waals surface area contributed by atoms with Crippen molar-refractivity contribution in [1.82, 2.24) is 9.55 Å². The van der Waals surface area contributed by atoms with Crippen LogP contribution in [0.15, 0.2) is 39.9 Å². The molecule has 10 heteroatoms. The Morgan fingerprint density at radius 2 is 1.90 bits per heavy atom.